The number of fused-ring (bicyclic) bond motifs is 1. The van der Waals surface area contributed by atoms with Gasteiger partial charge in [0.05, 0.1) is 11.1 Å². The van der Waals surface area contributed by atoms with Crippen LogP contribution >= 0.6 is 0 Å². The summed E-state index contributed by atoms with van der Waals surface area (Å²) in [6.45, 7) is 2.25. The van der Waals surface area contributed by atoms with Crippen LogP contribution in [0, 0.1) is 0 Å². The number of carbonyl (C=O) groups excluding carboxylic acids is 4. The first kappa shape index (κ1) is 18.6. The van der Waals surface area contributed by atoms with Crippen LogP contribution in [0.15, 0.2) is 24.3 Å². The molecule has 4 rings (SSSR count). The molecule has 1 aromatic carbocycles. The zero-order valence-corrected chi connectivity index (χ0v) is 15.6. The summed E-state index contributed by atoms with van der Waals surface area (Å²) in [7, 11) is 0. The Balaban J connectivity index is 1.36. The number of benzene rings is 1. The third kappa shape index (κ3) is 3.40. The zero-order chi connectivity index (χ0) is 19.7. The lowest BCUT2D eigenvalue weighted by molar-refractivity contribution is -0.141. The van der Waals surface area contributed by atoms with E-state index in [2.05, 4.69) is 0 Å². The van der Waals surface area contributed by atoms with Crippen LogP contribution in [0.4, 0.5) is 0 Å². The number of hydrogen-bond donors (Lipinski definition) is 0. The molecule has 3 aliphatic heterocycles. The van der Waals surface area contributed by atoms with E-state index in [0.717, 1.165) is 17.7 Å². The van der Waals surface area contributed by atoms with Crippen molar-refractivity contribution in [1.82, 2.24) is 14.7 Å². The second kappa shape index (κ2) is 7.71. The van der Waals surface area contributed by atoms with E-state index in [4.69, 9.17) is 4.74 Å². The van der Waals surface area contributed by atoms with Gasteiger partial charge in [0, 0.05) is 32.8 Å². The fourth-order valence-electron chi connectivity index (χ4n) is 3.98. The summed E-state index contributed by atoms with van der Waals surface area (Å²) >= 11 is 0. The molecule has 0 N–H and O–H groups in total. The van der Waals surface area contributed by atoms with Gasteiger partial charge in [-0.15, -0.1) is 0 Å². The van der Waals surface area contributed by atoms with Gasteiger partial charge in [0.1, 0.15) is 12.6 Å². The van der Waals surface area contributed by atoms with Crippen LogP contribution in [-0.2, 0) is 14.3 Å². The van der Waals surface area contributed by atoms with Gasteiger partial charge in [-0.25, -0.2) is 0 Å². The van der Waals surface area contributed by atoms with Crippen molar-refractivity contribution in [3.05, 3.63) is 35.4 Å². The average Bonchev–Trinajstić information content (AvgIpc) is 3.23. The van der Waals surface area contributed by atoms with Crippen LogP contribution in [0.25, 0.3) is 0 Å². The molecule has 1 aromatic rings. The van der Waals surface area contributed by atoms with Crippen LogP contribution in [0.3, 0.4) is 0 Å². The van der Waals surface area contributed by atoms with E-state index in [1.165, 1.54) is 0 Å². The Kier molecular flexibility index (Phi) is 5.13. The van der Waals surface area contributed by atoms with Gasteiger partial charge in [0.15, 0.2) is 0 Å². The van der Waals surface area contributed by atoms with Gasteiger partial charge < -0.3 is 14.5 Å². The molecule has 2 saturated heterocycles. The van der Waals surface area contributed by atoms with Crippen molar-refractivity contribution in [3.63, 3.8) is 0 Å². The minimum atomic E-state index is -0.432. The third-order valence-electron chi connectivity index (χ3n) is 5.54. The molecule has 1 atom stereocenters. The lowest BCUT2D eigenvalue weighted by Gasteiger charge is -2.25. The van der Waals surface area contributed by atoms with Gasteiger partial charge in [0.2, 0.25) is 5.91 Å². The smallest absolute Gasteiger partial charge is 0.262 e. The quantitative estimate of drug-likeness (QED) is 0.708. The highest BCUT2D eigenvalue weighted by atomic mass is 16.5. The van der Waals surface area contributed by atoms with E-state index in [1.54, 1.807) is 34.1 Å². The Morgan fingerprint density at radius 3 is 2.21 bits per heavy atom. The molecule has 1 unspecified atom stereocenters. The second-order valence-electron chi connectivity index (χ2n) is 7.30. The fraction of sp³-hybridized carbons (Fsp3) is 0.500. The van der Waals surface area contributed by atoms with Crippen molar-refractivity contribution >= 4 is 23.6 Å². The molecule has 0 spiro atoms. The van der Waals surface area contributed by atoms with E-state index in [-0.39, 0.29) is 24.5 Å². The second-order valence-corrected chi connectivity index (χ2v) is 7.30. The maximum atomic E-state index is 12.7. The van der Waals surface area contributed by atoms with Crippen molar-refractivity contribution in [2.75, 3.05) is 39.3 Å². The van der Waals surface area contributed by atoms with Gasteiger partial charge in [0.25, 0.3) is 17.7 Å². The molecular formula is C20H23N3O5. The Bertz CT molecular complexity index is 783. The Morgan fingerprint density at radius 2 is 1.57 bits per heavy atom. The van der Waals surface area contributed by atoms with Crippen LogP contribution in [0.1, 0.15) is 40.0 Å². The first-order chi connectivity index (χ1) is 13.6. The summed E-state index contributed by atoms with van der Waals surface area (Å²) in [5.41, 5.74) is 0.675. The van der Waals surface area contributed by atoms with Crippen LogP contribution in [0.5, 0.6) is 0 Å². The predicted molar refractivity (Wildman–Crippen MR) is 98.6 cm³/mol. The number of imide groups is 1. The minimum absolute atomic E-state index is 0.00727. The summed E-state index contributed by atoms with van der Waals surface area (Å²) < 4.78 is 5.47. The van der Waals surface area contributed by atoms with Crippen molar-refractivity contribution < 1.29 is 23.9 Å². The van der Waals surface area contributed by atoms with E-state index >= 15 is 0 Å². The van der Waals surface area contributed by atoms with Crippen LogP contribution in [0.2, 0.25) is 0 Å². The van der Waals surface area contributed by atoms with E-state index in [0.29, 0.717) is 50.3 Å². The lowest BCUT2D eigenvalue weighted by atomic mass is 10.1. The Labute approximate surface area is 163 Å². The molecule has 0 saturated carbocycles. The topological polar surface area (TPSA) is 87.2 Å². The standard InChI is InChI=1S/C20H23N3O5/c24-17(13-23-18(25)14-5-1-2-6-15(14)19(23)26)21-8-4-9-22(11-10-21)20(27)16-7-3-12-28-16/h1-2,5-6,16H,3-4,7-13H2. The first-order valence-corrected chi connectivity index (χ1v) is 9.69. The number of nitrogens with zero attached hydrogens (tertiary/aromatic N) is 3. The highest BCUT2D eigenvalue weighted by Crippen LogP contribution is 2.22. The molecule has 8 heteroatoms. The third-order valence-corrected chi connectivity index (χ3v) is 5.54. The van der Waals surface area contributed by atoms with Crippen molar-refractivity contribution in [2.45, 2.75) is 25.4 Å². The van der Waals surface area contributed by atoms with Gasteiger partial charge in [-0.1, -0.05) is 12.1 Å². The van der Waals surface area contributed by atoms with Crippen molar-refractivity contribution in [2.24, 2.45) is 0 Å². The minimum Gasteiger partial charge on any atom is -0.368 e. The summed E-state index contributed by atoms with van der Waals surface area (Å²) in [5.74, 6) is -1.15. The van der Waals surface area contributed by atoms with Gasteiger partial charge >= 0.3 is 0 Å². The SMILES string of the molecule is O=C(CN1C(=O)c2ccccc2C1=O)N1CCCN(C(=O)C2CCCO2)CC1. The zero-order valence-electron chi connectivity index (χ0n) is 15.6. The highest BCUT2D eigenvalue weighted by molar-refractivity contribution is 6.22. The molecule has 2 fully saturated rings. The molecule has 3 heterocycles. The maximum Gasteiger partial charge on any atom is 0.262 e. The van der Waals surface area contributed by atoms with Gasteiger partial charge in [-0.2, -0.15) is 0 Å². The fourth-order valence-corrected chi connectivity index (χ4v) is 3.98. The molecule has 148 valence electrons. The van der Waals surface area contributed by atoms with E-state index in [9.17, 15) is 19.2 Å². The number of carbonyl (C=O) groups is 4. The van der Waals surface area contributed by atoms with E-state index < -0.39 is 11.8 Å². The monoisotopic (exact) mass is 385 g/mol. The number of hydrogen-bond acceptors (Lipinski definition) is 5. The predicted octanol–water partition coefficient (Wildman–Crippen LogP) is 0.522. The molecule has 0 bridgehead atoms. The summed E-state index contributed by atoms with van der Waals surface area (Å²) in [5, 5.41) is 0. The Morgan fingerprint density at radius 1 is 0.929 bits per heavy atom. The lowest BCUT2D eigenvalue weighted by Crippen LogP contribution is -2.45. The number of amides is 4. The highest BCUT2D eigenvalue weighted by Gasteiger charge is 2.37. The molecule has 28 heavy (non-hydrogen) atoms. The summed E-state index contributed by atoms with van der Waals surface area (Å²) in [6, 6.07) is 6.59. The molecule has 3 aliphatic rings. The molecule has 4 amide bonds. The van der Waals surface area contributed by atoms with Crippen molar-refractivity contribution in [1.29, 1.82) is 0 Å². The van der Waals surface area contributed by atoms with Crippen molar-refractivity contribution in [3.8, 4) is 0 Å². The summed E-state index contributed by atoms with van der Waals surface area (Å²) in [4.78, 5) is 54.5. The number of rotatable bonds is 3. The normalized spacial score (nSPS) is 22.4. The molecule has 8 nitrogen and oxygen atoms in total. The maximum absolute atomic E-state index is 12.7. The largest absolute Gasteiger partial charge is 0.368 e. The summed E-state index contributed by atoms with van der Waals surface area (Å²) in [6.07, 6.45) is 1.94. The number of ether oxygens (including phenoxy) is 1. The van der Waals surface area contributed by atoms with Gasteiger partial charge in [-0.3, -0.25) is 24.1 Å². The average molecular weight is 385 g/mol. The Hall–Kier alpha value is -2.74. The van der Waals surface area contributed by atoms with Crippen LogP contribution < -0.4 is 0 Å². The van der Waals surface area contributed by atoms with E-state index in [1.807, 2.05) is 0 Å². The molecular weight excluding hydrogens is 362 g/mol. The van der Waals surface area contributed by atoms with Gasteiger partial charge in [-0.05, 0) is 31.4 Å². The molecule has 0 aliphatic carbocycles. The molecule has 0 radical (unpaired) electrons. The molecule has 0 aromatic heterocycles. The van der Waals surface area contributed by atoms with Crippen LogP contribution in [-0.4, -0.2) is 83.8 Å². The first-order valence-electron chi connectivity index (χ1n) is 9.69.